The second-order valence-corrected chi connectivity index (χ2v) is 4.42. The van der Waals surface area contributed by atoms with Crippen LogP contribution < -0.4 is 5.73 Å². The molecule has 2 aromatic rings. The Morgan fingerprint density at radius 1 is 1.29 bits per heavy atom. The van der Waals surface area contributed by atoms with Crippen molar-refractivity contribution in [3.05, 3.63) is 35.3 Å². The van der Waals surface area contributed by atoms with Crippen molar-refractivity contribution in [1.82, 2.24) is 9.97 Å². The first-order chi connectivity index (χ1) is 7.99. The number of aromatic nitrogens is 2. The molecule has 0 bridgehead atoms. The summed E-state index contributed by atoms with van der Waals surface area (Å²) in [5, 5.41) is 0.958. The minimum atomic E-state index is -0.436. The maximum absolute atomic E-state index is 11.1. The van der Waals surface area contributed by atoms with Crippen LogP contribution in [-0.4, -0.2) is 15.9 Å². The Morgan fingerprint density at radius 2 is 2.00 bits per heavy atom. The van der Waals surface area contributed by atoms with Gasteiger partial charge in [0, 0.05) is 22.6 Å². The minimum absolute atomic E-state index is 0.260. The Hall–Kier alpha value is -1.97. The fraction of sp³-hybridized carbons (Fsp3) is 0.308. The Labute approximate surface area is 99.9 Å². The lowest BCUT2D eigenvalue weighted by Crippen LogP contribution is -2.11. The zero-order valence-electron chi connectivity index (χ0n) is 10.2. The summed E-state index contributed by atoms with van der Waals surface area (Å²) in [5.41, 5.74) is 7.44. The molecule has 1 heterocycles. The number of rotatable bonds is 2. The van der Waals surface area contributed by atoms with E-state index < -0.39 is 5.91 Å². The van der Waals surface area contributed by atoms with Crippen molar-refractivity contribution in [2.24, 2.45) is 5.73 Å². The molecular formula is C13H15N3O. The van der Waals surface area contributed by atoms with Crippen LogP contribution in [0.2, 0.25) is 0 Å². The molecule has 88 valence electrons. The number of benzene rings is 1. The number of nitrogens with two attached hydrogens (primary N) is 1. The maximum atomic E-state index is 11.1. The van der Waals surface area contributed by atoms with Gasteiger partial charge < -0.3 is 5.73 Å². The van der Waals surface area contributed by atoms with Crippen LogP contribution in [0.1, 0.15) is 41.6 Å². The molecule has 0 atom stereocenters. The van der Waals surface area contributed by atoms with Crippen LogP contribution in [0.4, 0.5) is 0 Å². The average Bonchev–Trinajstić information content (AvgIpc) is 2.27. The minimum Gasteiger partial charge on any atom is -0.366 e. The van der Waals surface area contributed by atoms with Crippen LogP contribution in [0.25, 0.3) is 10.9 Å². The molecular weight excluding hydrogens is 214 g/mol. The summed E-state index contributed by atoms with van der Waals surface area (Å²) in [6, 6.07) is 5.27. The van der Waals surface area contributed by atoms with Gasteiger partial charge in [-0.15, -0.1) is 0 Å². The number of aryl methyl sites for hydroxylation is 1. The molecule has 0 aliphatic carbocycles. The Morgan fingerprint density at radius 3 is 2.59 bits per heavy atom. The average molecular weight is 229 g/mol. The van der Waals surface area contributed by atoms with Crippen LogP contribution in [0.3, 0.4) is 0 Å². The number of hydrogen-bond donors (Lipinski definition) is 1. The van der Waals surface area contributed by atoms with Gasteiger partial charge in [0.05, 0.1) is 5.52 Å². The standard InChI is InChI=1S/C13H15N3O/c1-7(2)13-15-8(3)10-5-4-9(12(14)17)6-11(10)16-13/h4-7H,1-3H3,(H2,14,17). The van der Waals surface area contributed by atoms with Gasteiger partial charge in [-0.2, -0.15) is 0 Å². The van der Waals surface area contributed by atoms with Crippen LogP contribution in [0.15, 0.2) is 18.2 Å². The second-order valence-electron chi connectivity index (χ2n) is 4.42. The molecule has 2 rings (SSSR count). The van der Waals surface area contributed by atoms with Crippen molar-refractivity contribution in [3.8, 4) is 0 Å². The number of amides is 1. The topological polar surface area (TPSA) is 68.9 Å². The summed E-state index contributed by atoms with van der Waals surface area (Å²) >= 11 is 0. The molecule has 17 heavy (non-hydrogen) atoms. The predicted octanol–water partition coefficient (Wildman–Crippen LogP) is 2.16. The summed E-state index contributed by atoms with van der Waals surface area (Å²) < 4.78 is 0. The molecule has 0 aliphatic heterocycles. The summed E-state index contributed by atoms with van der Waals surface area (Å²) in [4.78, 5) is 20.0. The van der Waals surface area contributed by atoms with E-state index in [0.717, 1.165) is 22.4 Å². The van der Waals surface area contributed by atoms with E-state index in [2.05, 4.69) is 9.97 Å². The summed E-state index contributed by atoms with van der Waals surface area (Å²) in [7, 11) is 0. The third-order valence-corrected chi connectivity index (χ3v) is 2.71. The number of nitrogens with zero attached hydrogens (tertiary/aromatic N) is 2. The van der Waals surface area contributed by atoms with Crippen LogP contribution in [0, 0.1) is 6.92 Å². The van der Waals surface area contributed by atoms with Crippen molar-refractivity contribution < 1.29 is 4.79 Å². The molecule has 1 aromatic heterocycles. The van der Waals surface area contributed by atoms with Gasteiger partial charge in [-0.25, -0.2) is 9.97 Å². The van der Waals surface area contributed by atoms with Gasteiger partial charge in [0.2, 0.25) is 5.91 Å². The smallest absolute Gasteiger partial charge is 0.248 e. The molecule has 2 N–H and O–H groups in total. The van der Waals surface area contributed by atoms with Crippen LogP contribution >= 0.6 is 0 Å². The zero-order valence-corrected chi connectivity index (χ0v) is 10.2. The number of fused-ring (bicyclic) bond motifs is 1. The Bertz CT molecular complexity index is 590. The third-order valence-electron chi connectivity index (χ3n) is 2.71. The fourth-order valence-corrected chi connectivity index (χ4v) is 1.72. The summed E-state index contributed by atoms with van der Waals surface area (Å²) in [5.74, 6) is 0.612. The lowest BCUT2D eigenvalue weighted by molar-refractivity contribution is 0.100. The third kappa shape index (κ3) is 2.11. The fourth-order valence-electron chi connectivity index (χ4n) is 1.72. The lowest BCUT2D eigenvalue weighted by atomic mass is 10.1. The van der Waals surface area contributed by atoms with Gasteiger partial charge in [0.25, 0.3) is 0 Å². The molecule has 0 unspecified atom stereocenters. The molecule has 1 aromatic carbocycles. The molecule has 0 saturated carbocycles. The predicted molar refractivity (Wildman–Crippen MR) is 66.9 cm³/mol. The number of carbonyl (C=O) groups excluding carboxylic acids is 1. The highest BCUT2D eigenvalue weighted by atomic mass is 16.1. The van der Waals surface area contributed by atoms with E-state index in [1.54, 1.807) is 12.1 Å². The Kier molecular flexibility index (Phi) is 2.79. The van der Waals surface area contributed by atoms with Gasteiger partial charge in [0.15, 0.2) is 0 Å². The molecule has 4 nitrogen and oxygen atoms in total. The van der Waals surface area contributed by atoms with Crippen molar-refractivity contribution in [3.63, 3.8) is 0 Å². The maximum Gasteiger partial charge on any atom is 0.248 e. The quantitative estimate of drug-likeness (QED) is 0.857. The largest absolute Gasteiger partial charge is 0.366 e. The monoisotopic (exact) mass is 229 g/mol. The van der Waals surface area contributed by atoms with Crippen molar-refractivity contribution in [1.29, 1.82) is 0 Å². The van der Waals surface area contributed by atoms with E-state index >= 15 is 0 Å². The Balaban J connectivity index is 2.70. The van der Waals surface area contributed by atoms with E-state index in [9.17, 15) is 4.79 Å². The van der Waals surface area contributed by atoms with Crippen LogP contribution in [0.5, 0.6) is 0 Å². The van der Waals surface area contributed by atoms with Gasteiger partial charge in [-0.05, 0) is 19.1 Å². The molecule has 0 aliphatic rings. The molecule has 1 amide bonds. The first-order valence-corrected chi connectivity index (χ1v) is 5.57. The summed E-state index contributed by atoms with van der Waals surface area (Å²) in [6.45, 7) is 6.02. The molecule has 0 spiro atoms. The SMILES string of the molecule is Cc1nc(C(C)C)nc2cc(C(N)=O)ccc12. The van der Waals surface area contributed by atoms with Crippen molar-refractivity contribution >= 4 is 16.8 Å². The molecule has 0 fully saturated rings. The van der Waals surface area contributed by atoms with E-state index in [4.69, 9.17) is 5.73 Å². The van der Waals surface area contributed by atoms with Crippen molar-refractivity contribution in [2.45, 2.75) is 26.7 Å². The highest BCUT2D eigenvalue weighted by Crippen LogP contribution is 2.19. The van der Waals surface area contributed by atoms with E-state index in [0.29, 0.717) is 5.56 Å². The number of primary amides is 1. The first-order valence-electron chi connectivity index (χ1n) is 5.57. The molecule has 4 heteroatoms. The van der Waals surface area contributed by atoms with Gasteiger partial charge in [-0.3, -0.25) is 4.79 Å². The molecule has 0 radical (unpaired) electrons. The summed E-state index contributed by atoms with van der Waals surface area (Å²) in [6.07, 6.45) is 0. The van der Waals surface area contributed by atoms with Crippen molar-refractivity contribution in [2.75, 3.05) is 0 Å². The van der Waals surface area contributed by atoms with Gasteiger partial charge in [0.1, 0.15) is 5.82 Å². The second kappa shape index (κ2) is 4.13. The highest BCUT2D eigenvalue weighted by molar-refractivity contribution is 5.97. The van der Waals surface area contributed by atoms with Gasteiger partial charge in [-0.1, -0.05) is 19.9 Å². The molecule has 0 saturated heterocycles. The lowest BCUT2D eigenvalue weighted by Gasteiger charge is -2.08. The normalized spacial score (nSPS) is 11.1. The van der Waals surface area contributed by atoms with Crippen LogP contribution in [-0.2, 0) is 0 Å². The van der Waals surface area contributed by atoms with E-state index in [-0.39, 0.29) is 5.92 Å². The van der Waals surface area contributed by atoms with E-state index in [1.807, 2.05) is 26.8 Å². The van der Waals surface area contributed by atoms with Gasteiger partial charge >= 0.3 is 0 Å². The highest BCUT2D eigenvalue weighted by Gasteiger charge is 2.09. The number of carbonyl (C=O) groups is 1. The first kappa shape index (κ1) is 11.5. The van der Waals surface area contributed by atoms with E-state index in [1.165, 1.54) is 0 Å². The number of hydrogen-bond acceptors (Lipinski definition) is 3. The zero-order chi connectivity index (χ0) is 12.6.